The molecule has 146 valence electrons. The molecule has 7 heteroatoms. The molecular weight excluding hydrogens is 356 g/mol. The number of carbonyl (C=O) groups is 1. The van der Waals surface area contributed by atoms with E-state index in [1.165, 1.54) is 0 Å². The van der Waals surface area contributed by atoms with Gasteiger partial charge in [0.15, 0.2) is 18.1 Å². The van der Waals surface area contributed by atoms with Gasteiger partial charge in [0.25, 0.3) is 5.91 Å². The lowest BCUT2D eigenvalue weighted by atomic mass is 10.3. The number of nitrogens with zero attached hydrogens (tertiary/aromatic N) is 4. The van der Waals surface area contributed by atoms with Crippen molar-refractivity contribution in [2.24, 2.45) is 0 Å². The number of hydrogen-bond donors (Lipinski definition) is 0. The Morgan fingerprint density at radius 2 is 1.79 bits per heavy atom. The van der Waals surface area contributed by atoms with Crippen molar-refractivity contribution in [2.45, 2.75) is 6.54 Å². The van der Waals surface area contributed by atoms with Crippen molar-refractivity contribution in [3.8, 4) is 11.5 Å². The lowest BCUT2D eigenvalue weighted by molar-refractivity contribution is -0.135. The fourth-order valence-corrected chi connectivity index (χ4v) is 3.46. The SMILES string of the molecule is COc1ccccc1OCC(=O)N1CCN(Cc2cnc3ccccn23)CC1. The highest BCUT2D eigenvalue weighted by molar-refractivity contribution is 5.78. The van der Waals surface area contributed by atoms with Gasteiger partial charge in [-0.3, -0.25) is 9.69 Å². The second kappa shape index (κ2) is 8.31. The Labute approximate surface area is 164 Å². The molecule has 28 heavy (non-hydrogen) atoms. The normalized spacial score (nSPS) is 15.0. The molecular formula is C21H24N4O3. The van der Waals surface area contributed by atoms with Gasteiger partial charge in [-0.25, -0.2) is 4.98 Å². The maximum Gasteiger partial charge on any atom is 0.260 e. The van der Waals surface area contributed by atoms with Crippen LogP contribution < -0.4 is 9.47 Å². The first-order valence-corrected chi connectivity index (χ1v) is 9.41. The molecule has 0 spiro atoms. The number of ether oxygens (including phenoxy) is 2. The van der Waals surface area contributed by atoms with Crippen molar-refractivity contribution >= 4 is 11.6 Å². The molecule has 1 fully saturated rings. The molecule has 0 radical (unpaired) electrons. The van der Waals surface area contributed by atoms with Gasteiger partial charge in [0.2, 0.25) is 0 Å². The third-order valence-electron chi connectivity index (χ3n) is 5.02. The summed E-state index contributed by atoms with van der Waals surface area (Å²) in [6, 6.07) is 13.4. The highest BCUT2D eigenvalue weighted by Crippen LogP contribution is 2.25. The second-order valence-electron chi connectivity index (χ2n) is 6.77. The summed E-state index contributed by atoms with van der Waals surface area (Å²) in [5, 5.41) is 0. The largest absolute Gasteiger partial charge is 0.493 e. The minimum absolute atomic E-state index is 0.000332. The van der Waals surface area contributed by atoms with Crippen LogP contribution in [0, 0.1) is 0 Å². The number of imidazole rings is 1. The Kier molecular flexibility index (Phi) is 5.43. The molecule has 0 bridgehead atoms. The maximum atomic E-state index is 12.5. The number of carbonyl (C=O) groups excluding carboxylic acids is 1. The predicted molar refractivity (Wildman–Crippen MR) is 106 cm³/mol. The Morgan fingerprint density at radius 3 is 2.57 bits per heavy atom. The zero-order valence-corrected chi connectivity index (χ0v) is 16.0. The molecule has 1 aliphatic rings. The summed E-state index contributed by atoms with van der Waals surface area (Å²) in [6.07, 6.45) is 3.96. The molecule has 0 aliphatic carbocycles. The number of pyridine rings is 1. The molecule has 1 aliphatic heterocycles. The summed E-state index contributed by atoms with van der Waals surface area (Å²) in [4.78, 5) is 21.1. The molecule has 7 nitrogen and oxygen atoms in total. The number of fused-ring (bicyclic) bond motifs is 1. The summed E-state index contributed by atoms with van der Waals surface area (Å²) >= 11 is 0. The van der Waals surface area contributed by atoms with Crippen LogP contribution in [-0.2, 0) is 11.3 Å². The Balaban J connectivity index is 1.28. The minimum atomic E-state index is 0.000332. The van der Waals surface area contributed by atoms with E-state index in [2.05, 4.69) is 14.3 Å². The van der Waals surface area contributed by atoms with Crippen molar-refractivity contribution in [2.75, 3.05) is 39.9 Å². The molecule has 3 aromatic rings. The van der Waals surface area contributed by atoms with E-state index in [0.717, 1.165) is 31.0 Å². The quantitative estimate of drug-likeness (QED) is 0.655. The van der Waals surface area contributed by atoms with Crippen molar-refractivity contribution < 1.29 is 14.3 Å². The summed E-state index contributed by atoms with van der Waals surface area (Å²) in [5.74, 6) is 1.22. The number of aromatic nitrogens is 2. The average Bonchev–Trinajstić information content (AvgIpc) is 3.15. The molecule has 0 N–H and O–H groups in total. The fraction of sp³-hybridized carbons (Fsp3) is 0.333. The van der Waals surface area contributed by atoms with Gasteiger partial charge in [0.05, 0.1) is 19.0 Å². The van der Waals surface area contributed by atoms with Crippen LogP contribution in [0.3, 0.4) is 0 Å². The molecule has 0 unspecified atom stereocenters. The van der Waals surface area contributed by atoms with Crippen LogP contribution in [0.15, 0.2) is 54.9 Å². The lowest BCUT2D eigenvalue weighted by Gasteiger charge is -2.34. The van der Waals surface area contributed by atoms with Gasteiger partial charge in [0, 0.05) is 38.9 Å². The smallest absolute Gasteiger partial charge is 0.260 e. The molecule has 2 aromatic heterocycles. The highest BCUT2D eigenvalue weighted by atomic mass is 16.5. The predicted octanol–water partition coefficient (Wildman–Crippen LogP) is 2.07. The standard InChI is InChI=1S/C21H24N4O3/c1-27-18-6-2-3-7-19(18)28-16-21(26)24-12-10-23(11-13-24)15-17-14-22-20-8-4-5-9-25(17)20/h2-9,14H,10-13,15-16H2,1H3. The van der Waals surface area contributed by atoms with Gasteiger partial charge in [-0.1, -0.05) is 18.2 Å². The second-order valence-corrected chi connectivity index (χ2v) is 6.77. The number of rotatable bonds is 6. The van der Waals surface area contributed by atoms with Crippen molar-refractivity contribution in [1.82, 2.24) is 19.2 Å². The molecule has 3 heterocycles. The van der Waals surface area contributed by atoms with Crippen molar-refractivity contribution in [1.29, 1.82) is 0 Å². The van der Waals surface area contributed by atoms with Gasteiger partial charge < -0.3 is 18.8 Å². The van der Waals surface area contributed by atoms with E-state index >= 15 is 0 Å². The third kappa shape index (κ3) is 3.94. The molecule has 1 aromatic carbocycles. The number of hydrogen-bond acceptors (Lipinski definition) is 5. The third-order valence-corrected chi connectivity index (χ3v) is 5.02. The van der Waals surface area contributed by atoms with Gasteiger partial charge >= 0.3 is 0 Å². The highest BCUT2D eigenvalue weighted by Gasteiger charge is 2.22. The van der Waals surface area contributed by atoms with Gasteiger partial charge in [-0.15, -0.1) is 0 Å². The van der Waals surface area contributed by atoms with E-state index in [9.17, 15) is 4.79 Å². The monoisotopic (exact) mass is 380 g/mol. The topological polar surface area (TPSA) is 59.3 Å². The van der Waals surface area contributed by atoms with E-state index < -0.39 is 0 Å². The molecule has 4 rings (SSSR count). The van der Waals surface area contributed by atoms with Gasteiger partial charge in [-0.05, 0) is 24.3 Å². The summed E-state index contributed by atoms with van der Waals surface area (Å²) in [5.41, 5.74) is 2.12. The van der Waals surface area contributed by atoms with Crippen molar-refractivity contribution in [3.63, 3.8) is 0 Å². The van der Waals surface area contributed by atoms with Gasteiger partial charge in [-0.2, -0.15) is 0 Å². The van der Waals surface area contributed by atoms with Crippen LogP contribution in [0.5, 0.6) is 11.5 Å². The fourth-order valence-electron chi connectivity index (χ4n) is 3.46. The van der Waals surface area contributed by atoms with E-state index in [-0.39, 0.29) is 12.5 Å². The number of methoxy groups -OCH3 is 1. The van der Waals surface area contributed by atoms with E-state index in [1.54, 1.807) is 13.2 Å². The van der Waals surface area contributed by atoms with Crippen LogP contribution in [0.2, 0.25) is 0 Å². The Bertz CT molecular complexity index is 947. The van der Waals surface area contributed by atoms with Crippen LogP contribution in [0.1, 0.15) is 5.69 Å². The van der Waals surface area contributed by atoms with E-state index in [4.69, 9.17) is 9.47 Å². The van der Waals surface area contributed by atoms with E-state index in [1.807, 2.05) is 53.7 Å². The first-order valence-electron chi connectivity index (χ1n) is 9.41. The van der Waals surface area contributed by atoms with E-state index in [0.29, 0.717) is 24.6 Å². The number of piperazine rings is 1. The average molecular weight is 380 g/mol. The Morgan fingerprint density at radius 1 is 1.04 bits per heavy atom. The summed E-state index contributed by atoms with van der Waals surface area (Å²) < 4.78 is 13.0. The first-order chi connectivity index (χ1) is 13.7. The van der Waals surface area contributed by atoms with Crippen LogP contribution in [0.4, 0.5) is 0 Å². The van der Waals surface area contributed by atoms with Crippen LogP contribution in [-0.4, -0.2) is 65.0 Å². The van der Waals surface area contributed by atoms with Crippen LogP contribution in [0.25, 0.3) is 5.65 Å². The first kappa shape index (κ1) is 18.3. The maximum absolute atomic E-state index is 12.5. The van der Waals surface area contributed by atoms with Crippen molar-refractivity contribution in [3.05, 3.63) is 60.6 Å². The zero-order valence-electron chi connectivity index (χ0n) is 16.0. The molecule has 1 saturated heterocycles. The zero-order chi connectivity index (χ0) is 19.3. The summed E-state index contributed by atoms with van der Waals surface area (Å²) in [6.45, 7) is 3.91. The number of amides is 1. The van der Waals surface area contributed by atoms with Gasteiger partial charge in [0.1, 0.15) is 5.65 Å². The number of para-hydroxylation sites is 2. The molecule has 0 saturated carbocycles. The Hall–Kier alpha value is -3.06. The molecule has 0 atom stereocenters. The summed E-state index contributed by atoms with van der Waals surface area (Å²) in [7, 11) is 1.59. The number of benzene rings is 1. The minimum Gasteiger partial charge on any atom is -0.493 e. The van der Waals surface area contributed by atoms with Crippen LogP contribution >= 0.6 is 0 Å². The molecule has 1 amide bonds. The lowest BCUT2D eigenvalue weighted by Crippen LogP contribution is -2.49.